The lowest BCUT2D eigenvalue weighted by molar-refractivity contribution is -0.118. The molecule has 0 fully saturated rings. The highest BCUT2D eigenvalue weighted by Crippen LogP contribution is 2.36. The summed E-state index contributed by atoms with van der Waals surface area (Å²) in [6, 6.07) is 6.21. The quantitative estimate of drug-likeness (QED) is 0.453. The van der Waals surface area contributed by atoms with Crippen molar-refractivity contribution in [2.45, 2.75) is 57.1 Å². The van der Waals surface area contributed by atoms with Gasteiger partial charge in [-0.15, -0.1) is 0 Å². The zero-order valence-electron chi connectivity index (χ0n) is 21.7. The lowest BCUT2D eigenvalue weighted by atomic mass is 9.91. The number of carbonyl (C=O) groups excluding carboxylic acids is 1. The molecular weight excluding hydrogens is 497 g/mol. The molecule has 1 aromatic carbocycles. The Morgan fingerprint density at radius 3 is 2.65 bits per heavy atom. The van der Waals surface area contributed by atoms with Gasteiger partial charge < -0.3 is 9.64 Å². The third-order valence-corrected chi connectivity index (χ3v) is 8.12. The molecule has 4 rings (SSSR count). The van der Waals surface area contributed by atoms with Crippen molar-refractivity contribution in [1.82, 2.24) is 24.4 Å². The van der Waals surface area contributed by atoms with E-state index in [0.717, 1.165) is 17.7 Å². The van der Waals surface area contributed by atoms with E-state index in [1.807, 2.05) is 32.8 Å². The van der Waals surface area contributed by atoms with Crippen LogP contribution in [-0.4, -0.2) is 55.2 Å². The molecule has 0 bridgehead atoms. The van der Waals surface area contributed by atoms with Crippen molar-refractivity contribution in [2.75, 3.05) is 21.2 Å². The minimum Gasteiger partial charge on any atom is -0.481 e. The molecule has 1 amide bonds. The number of pyridine rings is 1. The van der Waals surface area contributed by atoms with E-state index in [1.54, 1.807) is 23.0 Å². The number of rotatable bonds is 9. The monoisotopic (exact) mass is 529 g/mol. The maximum Gasteiger partial charge on any atom is 0.283 e. The second-order valence-electron chi connectivity index (χ2n) is 9.35. The molecule has 0 saturated heterocycles. The number of fused-ring (bicyclic) bond motifs is 1. The Morgan fingerprint density at radius 1 is 1.24 bits per heavy atom. The number of aromatic nitrogens is 3. The van der Waals surface area contributed by atoms with Crippen molar-refractivity contribution in [2.24, 2.45) is 0 Å². The summed E-state index contributed by atoms with van der Waals surface area (Å²) in [6.45, 7) is 4.30. The van der Waals surface area contributed by atoms with Gasteiger partial charge in [-0.2, -0.15) is 13.5 Å². The molecule has 3 aromatic rings. The predicted molar refractivity (Wildman–Crippen MR) is 137 cm³/mol. The Balaban J connectivity index is 1.67. The van der Waals surface area contributed by atoms with Crippen molar-refractivity contribution in [3.63, 3.8) is 0 Å². The van der Waals surface area contributed by atoms with Crippen LogP contribution >= 0.6 is 0 Å². The number of nitrogens with one attached hydrogen (secondary N) is 1. The predicted octanol–water partition coefficient (Wildman–Crippen LogP) is 3.27. The first-order valence-electron chi connectivity index (χ1n) is 12.2. The number of aryl methyl sites for hydroxylation is 1. The van der Waals surface area contributed by atoms with Crippen LogP contribution in [0.3, 0.4) is 0 Å². The Bertz CT molecular complexity index is 1430. The van der Waals surface area contributed by atoms with Gasteiger partial charge in [0.05, 0.1) is 19.2 Å². The third-order valence-electron chi connectivity index (χ3n) is 6.87. The van der Waals surface area contributed by atoms with E-state index in [0.29, 0.717) is 47.5 Å². The lowest BCUT2D eigenvalue weighted by Crippen LogP contribution is -2.32. The van der Waals surface area contributed by atoms with E-state index in [9.17, 15) is 17.6 Å². The highest BCUT2D eigenvalue weighted by atomic mass is 32.2. The molecule has 198 valence electrons. The van der Waals surface area contributed by atoms with Crippen LogP contribution in [0.5, 0.6) is 5.88 Å². The summed E-state index contributed by atoms with van der Waals surface area (Å²) in [6.07, 6.45) is 3.28. The summed E-state index contributed by atoms with van der Waals surface area (Å²) >= 11 is 0. The standard InChI is InChI=1S/C26H32FN5O4S/c1-6-32-23(16(2)31(3)4)15-26(29-32)37(34,35)30-24(33)14-21-18-8-7-9-19(18)22(27)13-20(21)17-10-11-28-25(12-17)36-5/h10-13,15-16H,6-9,14H2,1-5H3,(H,30,33). The van der Waals surface area contributed by atoms with Gasteiger partial charge in [0.2, 0.25) is 11.8 Å². The highest BCUT2D eigenvalue weighted by molar-refractivity contribution is 7.90. The topological polar surface area (TPSA) is 106 Å². The third kappa shape index (κ3) is 5.37. The molecule has 2 aromatic heterocycles. The summed E-state index contributed by atoms with van der Waals surface area (Å²) in [4.78, 5) is 19.2. The molecule has 0 radical (unpaired) electrons. The zero-order valence-corrected chi connectivity index (χ0v) is 22.5. The van der Waals surface area contributed by atoms with Crippen LogP contribution in [-0.2, 0) is 40.6 Å². The van der Waals surface area contributed by atoms with Crippen LogP contribution < -0.4 is 9.46 Å². The van der Waals surface area contributed by atoms with Gasteiger partial charge in [0.15, 0.2) is 5.03 Å². The molecule has 0 aliphatic heterocycles. The van der Waals surface area contributed by atoms with Gasteiger partial charge in [0.25, 0.3) is 10.0 Å². The number of ether oxygens (including phenoxy) is 1. The number of benzene rings is 1. The normalized spacial score (nSPS) is 14.0. The Hall–Kier alpha value is -3.31. The number of sulfonamides is 1. The molecule has 11 heteroatoms. The number of hydrogen-bond acceptors (Lipinski definition) is 7. The van der Waals surface area contributed by atoms with Crippen molar-refractivity contribution >= 4 is 15.9 Å². The van der Waals surface area contributed by atoms with Gasteiger partial charge in [-0.1, -0.05) is 0 Å². The largest absolute Gasteiger partial charge is 0.481 e. The first kappa shape index (κ1) is 26.7. The van der Waals surface area contributed by atoms with Crippen LogP contribution in [0.15, 0.2) is 35.5 Å². The Labute approximate surface area is 216 Å². The minimum atomic E-state index is -4.22. The first-order valence-corrected chi connectivity index (χ1v) is 13.7. The molecule has 1 unspecified atom stereocenters. The molecule has 1 atom stereocenters. The maximum atomic E-state index is 15.0. The average Bonchev–Trinajstić information content (AvgIpc) is 3.53. The van der Waals surface area contributed by atoms with Crippen molar-refractivity contribution < 1.29 is 22.3 Å². The fraction of sp³-hybridized carbons (Fsp3) is 0.423. The van der Waals surface area contributed by atoms with Crippen molar-refractivity contribution in [3.8, 4) is 17.0 Å². The first-order chi connectivity index (χ1) is 17.6. The number of hydrogen-bond donors (Lipinski definition) is 1. The summed E-state index contributed by atoms with van der Waals surface area (Å²) < 4.78 is 50.2. The molecule has 0 saturated carbocycles. The second kappa shape index (κ2) is 10.6. The lowest BCUT2D eigenvalue weighted by Gasteiger charge is -2.20. The molecule has 1 N–H and O–H groups in total. The van der Waals surface area contributed by atoms with E-state index in [1.165, 1.54) is 19.2 Å². The fourth-order valence-corrected chi connectivity index (χ4v) is 5.70. The number of nitrogens with zero attached hydrogens (tertiary/aromatic N) is 4. The van der Waals surface area contributed by atoms with E-state index in [2.05, 4.69) is 14.8 Å². The average molecular weight is 530 g/mol. The fourth-order valence-electron chi connectivity index (χ4n) is 4.74. The number of carbonyl (C=O) groups is 1. The molecule has 2 heterocycles. The Kier molecular flexibility index (Phi) is 7.65. The van der Waals surface area contributed by atoms with Gasteiger partial charge in [0.1, 0.15) is 5.82 Å². The van der Waals surface area contributed by atoms with Crippen LogP contribution in [0.4, 0.5) is 4.39 Å². The summed E-state index contributed by atoms with van der Waals surface area (Å²) in [5.74, 6) is -0.690. The summed E-state index contributed by atoms with van der Waals surface area (Å²) in [5, 5.41) is 4.02. The highest BCUT2D eigenvalue weighted by Gasteiger charge is 2.28. The van der Waals surface area contributed by atoms with Gasteiger partial charge in [-0.25, -0.2) is 14.1 Å². The van der Waals surface area contributed by atoms with Gasteiger partial charge in [-0.3, -0.25) is 9.48 Å². The smallest absolute Gasteiger partial charge is 0.283 e. The SMILES string of the molecule is CCn1nc(S(=O)(=O)NC(=O)Cc2c(-c3ccnc(OC)c3)cc(F)c3c2CCC3)cc1C(C)N(C)C. The number of halogens is 1. The molecule has 0 spiro atoms. The molecule has 9 nitrogen and oxygen atoms in total. The second-order valence-corrected chi connectivity index (χ2v) is 11.0. The maximum absolute atomic E-state index is 15.0. The Morgan fingerprint density at radius 2 is 1.97 bits per heavy atom. The van der Waals surface area contributed by atoms with Crippen LogP contribution in [0.2, 0.25) is 0 Å². The van der Waals surface area contributed by atoms with Crippen molar-refractivity contribution in [1.29, 1.82) is 0 Å². The number of methoxy groups -OCH3 is 1. The van der Waals surface area contributed by atoms with Gasteiger partial charge in [0, 0.05) is 30.9 Å². The van der Waals surface area contributed by atoms with Crippen LogP contribution in [0, 0.1) is 5.82 Å². The number of amides is 1. The van der Waals surface area contributed by atoms with Crippen LogP contribution in [0.1, 0.15) is 48.7 Å². The molecule has 1 aliphatic carbocycles. The molecule has 37 heavy (non-hydrogen) atoms. The summed E-state index contributed by atoms with van der Waals surface area (Å²) in [7, 11) is 1.06. The molecular formula is C26H32FN5O4S. The van der Waals surface area contributed by atoms with E-state index >= 15 is 0 Å². The van der Waals surface area contributed by atoms with Gasteiger partial charge >= 0.3 is 0 Å². The van der Waals surface area contributed by atoms with E-state index in [-0.39, 0.29) is 23.3 Å². The molecule has 1 aliphatic rings. The van der Waals surface area contributed by atoms with E-state index in [4.69, 9.17) is 4.74 Å². The summed E-state index contributed by atoms with van der Waals surface area (Å²) in [5.41, 5.74) is 3.83. The minimum absolute atomic E-state index is 0.0752. The van der Waals surface area contributed by atoms with E-state index < -0.39 is 15.9 Å². The zero-order chi connectivity index (χ0) is 26.9. The van der Waals surface area contributed by atoms with Crippen molar-refractivity contribution in [3.05, 3.63) is 58.7 Å². The van der Waals surface area contributed by atoms with Crippen LogP contribution in [0.25, 0.3) is 11.1 Å². The van der Waals surface area contributed by atoms with Gasteiger partial charge in [-0.05, 0) is 87.2 Å².